The second-order valence-electron chi connectivity index (χ2n) is 5.58. The number of hydrazone groups is 1. The van der Waals surface area contributed by atoms with E-state index >= 15 is 0 Å². The van der Waals surface area contributed by atoms with Crippen molar-refractivity contribution in [2.75, 3.05) is 12.0 Å². The number of aliphatic hydroxyl groups is 1. The van der Waals surface area contributed by atoms with Crippen LogP contribution >= 0.6 is 0 Å². The Bertz CT molecular complexity index is 1040. The number of nitrogens with zero attached hydrogens (tertiary/aromatic N) is 4. The molecule has 0 aliphatic carbocycles. The van der Waals surface area contributed by atoms with Gasteiger partial charge in [0.2, 0.25) is 5.95 Å². The topological polar surface area (TPSA) is 117 Å². The number of H-pyrrole nitrogens is 1. The lowest BCUT2D eigenvalue weighted by molar-refractivity contribution is 0.278. The van der Waals surface area contributed by atoms with Crippen LogP contribution in [0.15, 0.2) is 39.0 Å². The van der Waals surface area contributed by atoms with Gasteiger partial charge in [0.25, 0.3) is 5.56 Å². The molecule has 2 heterocycles. The average molecular weight is 342 g/mol. The van der Waals surface area contributed by atoms with Gasteiger partial charge in [-0.15, -0.1) is 0 Å². The lowest BCUT2D eigenvalue weighted by Crippen LogP contribution is -2.29. The Morgan fingerprint density at radius 3 is 2.72 bits per heavy atom. The van der Waals surface area contributed by atoms with Crippen molar-refractivity contribution in [1.29, 1.82) is 0 Å². The first-order valence-corrected chi connectivity index (χ1v) is 7.67. The highest BCUT2D eigenvalue weighted by Gasteiger charge is 2.16. The lowest BCUT2D eigenvalue weighted by atomic mass is 10.2. The summed E-state index contributed by atoms with van der Waals surface area (Å²) in [5.74, 6) is 0.263. The monoisotopic (exact) mass is 342 g/mol. The summed E-state index contributed by atoms with van der Waals surface area (Å²) < 4.78 is 2.72. The van der Waals surface area contributed by atoms with Crippen LogP contribution in [0.4, 0.5) is 5.95 Å². The van der Waals surface area contributed by atoms with E-state index in [0.29, 0.717) is 0 Å². The SMILES string of the molecule is Cc1ccc(C=NNc2nc3c(c(=O)[nH]c(=O)n3C)n2CCO)cc1. The van der Waals surface area contributed by atoms with E-state index in [9.17, 15) is 14.7 Å². The Labute approximate surface area is 142 Å². The van der Waals surface area contributed by atoms with Gasteiger partial charge in [-0.1, -0.05) is 29.8 Å². The fourth-order valence-electron chi connectivity index (χ4n) is 2.45. The zero-order valence-corrected chi connectivity index (χ0v) is 13.9. The third-order valence-corrected chi connectivity index (χ3v) is 3.79. The van der Waals surface area contributed by atoms with Crippen molar-refractivity contribution in [3.63, 3.8) is 0 Å². The number of anilines is 1. The molecule has 0 aliphatic rings. The average Bonchev–Trinajstić information content (AvgIpc) is 2.94. The van der Waals surface area contributed by atoms with Crippen LogP contribution in [-0.2, 0) is 13.6 Å². The molecule has 0 saturated carbocycles. The summed E-state index contributed by atoms with van der Waals surface area (Å²) >= 11 is 0. The molecule has 9 heteroatoms. The van der Waals surface area contributed by atoms with Gasteiger partial charge in [0.05, 0.1) is 12.8 Å². The van der Waals surface area contributed by atoms with Crippen LogP contribution in [0, 0.1) is 6.92 Å². The third kappa shape index (κ3) is 3.22. The molecular formula is C16H18N6O3. The van der Waals surface area contributed by atoms with Crippen molar-refractivity contribution in [2.24, 2.45) is 12.1 Å². The summed E-state index contributed by atoms with van der Waals surface area (Å²) in [7, 11) is 1.51. The van der Waals surface area contributed by atoms with E-state index in [1.165, 1.54) is 16.2 Å². The molecule has 25 heavy (non-hydrogen) atoms. The van der Waals surface area contributed by atoms with Gasteiger partial charge < -0.3 is 9.67 Å². The first kappa shape index (κ1) is 16.7. The van der Waals surface area contributed by atoms with E-state index in [0.717, 1.165) is 11.1 Å². The van der Waals surface area contributed by atoms with Crippen LogP contribution in [-0.4, -0.2) is 37.0 Å². The Kier molecular flexibility index (Phi) is 4.48. The number of benzene rings is 1. The first-order chi connectivity index (χ1) is 12.0. The number of hydrogen-bond donors (Lipinski definition) is 3. The molecule has 0 bridgehead atoms. The fraction of sp³-hybridized carbons (Fsp3) is 0.250. The van der Waals surface area contributed by atoms with E-state index < -0.39 is 11.2 Å². The Morgan fingerprint density at radius 2 is 2.04 bits per heavy atom. The highest BCUT2D eigenvalue weighted by Crippen LogP contribution is 2.15. The molecular weight excluding hydrogens is 324 g/mol. The minimum atomic E-state index is -0.561. The summed E-state index contributed by atoms with van der Waals surface area (Å²) in [5.41, 5.74) is 4.11. The number of hydrogen-bond acceptors (Lipinski definition) is 6. The number of aryl methyl sites for hydroxylation is 2. The third-order valence-electron chi connectivity index (χ3n) is 3.79. The highest BCUT2D eigenvalue weighted by atomic mass is 16.3. The molecule has 0 radical (unpaired) electrons. The van der Waals surface area contributed by atoms with E-state index in [-0.39, 0.29) is 30.3 Å². The molecule has 0 unspecified atom stereocenters. The standard InChI is InChI=1S/C16H18N6O3/c1-10-3-5-11(6-4-10)9-17-20-15-18-13-12(22(15)7-8-23)14(24)19-16(25)21(13)2/h3-6,9,23H,7-8H2,1-2H3,(H,18,20)(H,19,24,25). The summed E-state index contributed by atoms with van der Waals surface area (Å²) in [5, 5.41) is 13.4. The maximum absolute atomic E-state index is 12.1. The zero-order chi connectivity index (χ0) is 18.0. The Balaban J connectivity index is 2.00. The van der Waals surface area contributed by atoms with Crippen molar-refractivity contribution in [3.05, 3.63) is 56.2 Å². The van der Waals surface area contributed by atoms with Crippen LogP contribution < -0.4 is 16.7 Å². The van der Waals surface area contributed by atoms with Crippen molar-refractivity contribution < 1.29 is 5.11 Å². The maximum atomic E-state index is 12.1. The smallest absolute Gasteiger partial charge is 0.329 e. The number of fused-ring (bicyclic) bond motifs is 1. The predicted molar refractivity (Wildman–Crippen MR) is 95.1 cm³/mol. The Hall–Kier alpha value is -3.20. The second-order valence-corrected chi connectivity index (χ2v) is 5.58. The van der Waals surface area contributed by atoms with Crippen molar-refractivity contribution in [3.8, 4) is 0 Å². The fourth-order valence-corrected chi connectivity index (χ4v) is 2.45. The maximum Gasteiger partial charge on any atom is 0.329 e. The van der Waals surface area contributed by atoms with Gasteiger partial charge in [0, 0.05) is 13.6 Å². The molecule has 130 valence electrons. The Morgan fingerprint density at radius 1 is 1.32 bits per heavy atom. The molecule has 2 aromatic heterocycles. The summed E-state index contributed by atoms with van der Waals surface area (Å²) in [4.78, 5) is 30.3. The van der Waals surface area contributed by atoms with Crippen molar-refractivity contribution in [1.82, 2.24) is 19.1 Å². The van der Waals surface area contributed by atoms with Gasteiger partial charge in [-0.3, -0.25) is 14.3 Å². The molecule has 3 N–H and O–H groups in total. The van der Waals surface area contributed by atoms with Crippen LogP contribution in [0.2, 0.25) is 0 Å². The molecule has 3 rings (SSSR count). The summed E-state index contributed by atoms with van der Waals surface area (Å²) in [6.45, 7) is 1.95. The minimum absolute atomic E-state index is 0.139. The number of rotatable bonds is 5. The van der Waals surface area contributed by atoms with E-state index in [1.54, 1.807) is 6.21 Å². The van der Waals surface area contributed by atoms with Gasteiger partial charge in [0.1, 0.15) is 0 Å². The van der Waals surface area contributed by atoms with Gasteiger partial charge in [0.15, 0.2) is 11.2 Å². The molecule has 0 amide bonds. The number of aromatic amines is 1. The number of aromatic nitrogens is 4. The highest BCUT2D eigenvalue weighted by molar-refractivity contribution is 5.80. The van der Waals surface area contributed by atoms with Gasteiger partial charge >= 0.3 is 5.69 Å². The summed E-state index contributed by atoms with van der Waals surface area (Å²) in [6, 6.07) is 7.78. The first-order valence-electron chi connectivity index (χ1n) is 7.67. The van der Waals surface area contributed by atoms with Crippen molar-refractivity contribution >= 4 is 23.3 Å². The lowest BCUT2D eigenvalue weighted by Gasteiger charge is -2.05. The number of imidazole rings is 1. The molecule has 0 atom stereocenters. The number of nitrogens with one attached hydrogen (secondary N) is 2. The summed E-state index contributed by atoms with van der Waals surface area (Å²) in [6.07, 6.45) is 1.62. The van der Waals surface area contributed by atoms with Crippen LogP contribution in [0.3, 0.4) is 0 Å². The molecule has 1 aromatic carbocycles. The quantitative estimate of drug-likeness (QED) is 0.451. The van der Waals surface area contributed by atoms with E-state index in [1.807, 2.05) is 31.2 Å². The molecule has 3 aromatic rings. The van der Waals surface area contributed by atoms with Crippen LogP contribution in [0.1, 0.15) is 11.1 Å². The van der Waals surface area contributed by atoms with Crippen LogP contribution in [0.25, 0.3) is 11.2 Å². The molecule has 0 aliphatic heterocycles. The largest absolute Gasteiger partial charge is 0.395 e. The van der Waals surface area contributed by atoms with Crippen LogP contribution in [0.5, 0.6) is 0 Å². The second kappa shape index (κ2) is 6.73. The van der Waals surface area contributed by atoms with E-state index in [2.05, 4.69) is 20.5 Å². The molecule has 0 saturated heterocycles. The van der Waals surface area contributed by atoms with Crippen molar-refractivity contribution in [2.45, 2.75) is 13.5 Å². The number of aliphatic hydroxyl groups excluding tert-OH is 1. The molecule has 0 spiro atoms. The van der Waals surface area contributed by atoms with E-state index in [4.69, 9.17) is 0 Å². The van der Waals surface area contributed by atoms with Gasteiger partial charge in [-0.05, 0) is 12.5 Å². The minimum Gasteiger partial charge on any atom is -0.395 e. The predicted octanol–water partition coefficient (Wildman–Crippen LogP) is 0.170. The zero-order valence-electron chi connectivity index (χ0n) is 13.9. The normalized spacial score (nSPS) is 11.5. The van der Waals surface area contributed by atoms with Gasteiger partial charge in [-0.25, -0.2) is 10.2 Å². The molecule has 0 fully saturated rings. The van der Waals surface area contributed by atoms with Gasteiger partial charge in [-0.2, -0.15) is 10.1 Å². The molecule has 9 nitrogen and oxygen atoms in total.